The van der Waals surface area contributed by atoms with Crippen LogP contribution in [-0.2, 0) is 16.6 Å². The second-order valence-electron chi connectivity index (χ2n) is 5.40. The summed E-state index contributed by atoms with van der Waals surface area (Å²) in [5.74, 6) is -0.0497. The number of nitrogens with one attached hydrogen (secondary N) is 1. The Bertz CT molecular complexity index is 615. The van der Waals surface area contributed by atoms with Gasteiger partial charge in [0.25, 0.3) is 5.91 Å². The van der Waals surface area contributed by atoms with Crippen molar-refractivity contribution in [2.75, 3.05) is 25.1 Å². The SMILES string of the molecule is CCn1cc(N)cc1C(=O)N1CCC(NS(C)(=O)=O)CC1. The van der Waals surface area contributed by atoms with Crippen LogP contribution >= 0.6 is 0 Å². The van der Waals surface area contributed by atoms with Crippen molar-refractivity contribution >= 4 is 21.6 Å². The van der Waals surface area contributed by atoms with Gasteiger partial charge in [0, 0.05) is 31.9 Å². The van der Waals surface area contributed by atoms with Crippen LogP contribution in [0.5, 0.6) is 0 Å². The molecule has 1 aliphatic rings. The number of anilines is 1. The number of hydrogen-bond acceptors (Lipinski definition) is 4. The molecule has 1 saturated heterocycles. The first-order valence-corrected chi connectivity index (χ1v) is 8.91. The molecule has 0 bridgehead atoms. The molecule has 1 fully saturated rings. The van der Waals surface area contributed by atoms with Gasteiger partial charge in [0.05, 0.1) is 11.9 Å². The predicted molar refractivity (Wildman–Crippen MR) is 81.4 cm³/mol. The number of carbonyl (C=O) groups excluding carboxylic acids is 1. The Hall–Kier alpha value is -1.54. The topological polar surface area (TPSA) is 97.4 Å². The van der Waals surface area contributed by atoms with Gasteiger partial charge in [0.1, 0.15) is 5.69 Å². The molecule has 118 valence electrons. The van der Waals surface area contributed by atoms with E-state index in [9.17, 15) is 13.2 Å². The smallest absolute Gasteiger partial charge is 0.270 e. The Morgan fingerprint density at radius 3 is 2.57 bits per heavy atom. The largest absolute Gasteiger partial charge is 0.397 e. The van der Waals surface area contributed by atoms with Crippen molar-refractivity contribution in [3.63, 3.8) is 0 Å². The molecule has 1 aromatic rings. The zero-order chi connectivity index (χ0) is 15.6. The summed E-state index contributed by atoms with van der Waals surface area (Å²) in [4.78, 5) is 14.2. The molecule has 0 aliphatic carbocycles. The van der Waals surface area contributed by atoms with Crippen LogP contribution in [0.3, 0.4) is 0 Å². The molecule has 21 heavy (non-hydrogen) atoms. The maximum atomic E-state index is 12.5. The monoisotopic (exact) mass is 314 g/mol. The highest BCUT2D eigenvalue weighted by atomic mass is 32.2. The van der Waals surface area contributed by atoms with Crippen molar-refractivity contribution in [1.29, 1.82) is 0 Å². The molecule has 0 saturated carbocycles. The maximum Gasteiger partial charge on any atom is 0.270 e. The second-order valence-corrected chi connectivity index (χ2v) is 7.18. The average Bonchev–Trinajstić information content (AvgIpc) is 2.78. The lowest BCUT2D eigenvalue weighted by Gasteiger charge is -2.32. The van der Waals surface area contributed by atoms with Crippen molar-refractivity contribution < 1.29 is 13.2 Å². The molecule has 1 aliphatic heterocycles. The Balaban J connectivity index is 2.00. The molecule has 8 heteroatoms. The van der Waals surface area contributed by atoms with Crippen LogP contribution in [-0.4, -0.2) is 49.2 Å². The molecular formula is C13H22N4O3S. The number of piperidine rings is 1. The third kappa shape index (κ3) is 3.98. The highest BCUT2D eigenvalue weighted by Crippen LogP contribution is 2.17. The molecule has 0 radical (unpaired) electrons. The minimum atomic E-state index is -3.20. The van der Waals surface area contributed by atoms with Crippen LogP contribution in [0, 0.1) is 0 Å². The summed E-state index contributed by atoms with van der Waals surface area (Å²) < 4.78 is 26.9. The molecule has 7 nitrogen and oxygen atoms in total. The number of aromatic nitrogens is 1. The number of hydrogen-bond donors (Lipinski definition) is 2. The number of rotatable bonds is 4. The Morgan fingerprint density at radius 2 is 2.05 bits per heavy atom. The third-order valence-electron chi connectivity index (χ3n) is 3.64. The number of amides is 1. The quantitative estimate of drug-likeness (QED) is 0.832. The van der Waals surface area contributed by atoms with E-state index in [4.69, 9.17) is 5.73 Å². The fourth-order valence-corrected chi connectivity index (χ4v) is 3.48. The fourth-order valence-electron chi connectivity index (χ4n) is 2.64. The highest BCUT2D eigenvalue weighted by Gasteiger charge is 2.26. The molecule has 1 aromatic heterocycles. The van der Waals surface area contributed by atoms with E-state index in [1.54, 1.807) is 17.2 Å². The molecule has 0 aromatic carbocycles. The standard InChI is InChI=1S/C13H22N4O3S/c1-3-16-9-10(14)8-12(16)13(18)17-6-4-11(5-7-17)15-21(2,19)20/h8-9,11,15H,3-7,14H2,1-2H3. The van der Waals surface area contributed by atoms with Gasteiger partial charge in [0.2, 0.25) is 10.0 Å². The van der Waals surface area contributed by atoms with E-state index in [-0.39, 0.29) is 11.9 Å². The molecular weight excluding hydrogens is 292 g/mol. The van der Waals surface area contributed by atoms with Crippen molar-refractivity contribution in [3.05, 3.63) is 18.0 Å². The van der Waals surface area contributed by atoms with Gasteiger partial charge in [-0.2, -0.15) is 0 Å². The van der Waals surface area contributed by atoms with E-state index in [0.717, 1.165) is 6.26 Å². The van der Waals surface area contributed by atoms with Crippen molar-refractivity contribution in [1.82, 2.24) is 14.2 Å². The normalized spacial score (nSPS) is 17.1. The number of nitrogens with zero attached hydrogens (tertiary/aromatic N) is 2. The number of likely N-dealkylation sites (tertiary alicyclic amines) is 1. The lowest BCUT2D eigenvalue weighted by atomic mass is 10.1. The van der Waals surface area contributed by atoms with E-state index in [1.807, 2.05) is 11.5 Å². The fraction of sp³-hybridized carbons (Fsp3) is 0.615. The van der Waals surface area contributed by atoms with Crippen molar-refractivity contribution in [2.45, 2.75) is 32.4 Å². The Morgan fingerprint density at radius 1 is 1.43 bits per heavy atom. The maximum absolute atomic E-state index is 12.5. The Kier molecular flexibility index (Phi) is 4.58. The molecule has 2 heterocycles. The van der Waals surface area contributed by atoms with Crippen LogP contribution in [0.1, 0.15) is 30.3 Å². The highest BCUT2D eigenvalue weighted by molar-refractivity contribution is 7.88. The van der Waals surface area contributed by atoms with E-state index in [2.05, 4.69) is 4.72 Å². The number of sulfonamides is 1. The lowest BCUT2D eigenvalue weighted by Crippen LogP contribution is -2.46. The zero-order valence-corrected chi connectivity index (χ0v) is 13.2. The summed E-state index contributed by atoms with van der Waals surface area (Å²) >= 11 is 0. The molecule has 0 unspecified atom stereocenters. The van der Waals surface area contributed by atoms with Crippen molar-refractivity contribution in [3.8, 4) is 0 Å². The van der Waals surface area contributed by atoms with Crippen LogP contribution in [0.4, 0.5) is 5.69 Å². The molecule has 3 N–H and O–H groups in total. The molecule has 2 rings (SSSR count). The molecule has 1 amide bonds. The molecule has 0 atom stereocenters. The van der Waals surface area contributed by atoms with Crippen molar-refractivity contribution in [2.24, 2.45) is 0 Å². The third-order valence-corrected chi connectivity index (χ3v) is 4.40. The van der Waals surface area contributed by atoms with Gasteiger partial charge in [-0.05, 0) is 25.8 Å². The van der Waals surface area contributed by atoms with Gasteiger partial charge in [-0.1, -0.05) is 0 Å². The predicted octanol–water partition coefficient (Wildman–Crippen LogP) is 0.244. The molecule has 0 spiro atoms. The van der Waals surface area contributed by atoms with Gasteiger partial charge in [-0.3, -0.25) is 4.79 Å². The van der Waals surface area contributed by atoms with Gasteiger partial charge in [-0.25, -0.2) is 13.1 Å². The van der Waals surface area contributed by atoms with Crippen LogP contribution < -0.4 is 10.5 Å². The van der Waals surface area contributed by atoms with E-state index in [0.29, 0.717) is 43.9 Å². The van der Waals surface area contributed by atoms with E-state index >= 15 is 0 Å². The summed E-state index contributed by atoms with van der Waals surface area (Å²) in [5.41, 5.74) is 6.91. The van der Waals surface area contributed by atoms with E-state index < -0.39 is 10.0 Å². The lowest BCUT2D eigenvalue weighted by molar-refractivity contribution is 0.0700. The number of aryl methyl sites for hydroxylation is 1. The summed E-state index contributed by atoms with van der Waals surface area (Å²) in [6.07, 6.45) is 4.16. The zero-order valence-electron chi connectivity index (χ0n) is 12.4. The first-order chi connectivity index (χ1) is 9.80. The first-order valence-electron chi connectivity index (χ1n) is 7.02. The summed E-state index contributed by atoms with van der Waals surface area (Å²) in [5, 5.41) is 0. The average molecular weight is 314 g/mol. The summed E-state index contributed by atoms with van der Waals surface area (Å²) in [6, 6.07) is 1.60. The van der Waals surface area contributed by atoms with Crippen LogP contribution in [0.15, 0.2) is 12.3 Å². The minimum Gasteiger partial charge on any atom is -0.397 e. The first kappa shape index (κ1) is 15.8. The van der Waals surface area contributed by atoms with Gasteiger partial charge < -0.3 is 15.2 Å². The minimum absolute atomic E-state index is 0.0497. The summed E-state index contributed by atoms with van der Waals surface area (Å²) in [7, 11) is -3.20. The number of carbonyl (C=O) groups is 1. The van der Waals surface area contributed by atoms with Crippen LogP contribution in [0.2, 0.25) is 0 Å². The summed E-state index contributed by atoms with van der Waals surface area (Å²) in [6.45, 7) is 3.73. The van der Waals surface area contributed by atoms with Gasteiger partial charge in [-0.15, -0.1) is 0 Å². The Labute approximate surface area is 125 Å². The van der Waals surface area contributed by atoms with Gasteiger partial charge in [0.15, 0.2) is 0 Å². The van der Waals surface area contributed by atoms with E-state index in [1.165, 1.54) is 0 Å². The number of nitrogens with two attached hydrogens (primary N) is 1. The second kappa shape index (κ2) is 6.07. The van der Waals surface area contributed by atoms with Crippen LogP contribution in [0.25, 0.3) is 0 Å². The number of nitrogen functional groups attached to an aromatic ring is 1. The van der Waals surface area contributed by atoms with Gasteiger partial charge >= 0.3 is 0 Å².